The molecular formula is C24H35NO4. The summed E-state index contributed by atoms with van der Waals surface area (Å²) in [6, 6.07) is 10.3. The molecule has 1 aliphatic carbocycles. The summed E-state index contributed by atoms with van der Waals surface area (Å²) in [7, 11) is 0. The van der Waals surface area contributed by atoms with Gasteiger partial charge >= 0.3 is 0 Å². The predicted octanol–water partition coefficient (Wildman–Crippen LogP) is 3.70. The van der Waals surface area contributed by atoms with Gasteiger partial charge in [0.2, 0.25) is 5.91 Å². The second kappa shape index (κ2) is 8.75. The summed E-state index contributed by atoms with van der Waals surface area (Å²) >= 11 is 0. The van der Waals surface area contributed by atoms with Crippen molar-refractivity contribution < 1.29 is 19.0 Å². The molecule has 4 rings (SSSR count). The van der Waals surface area contributed by atoms with Crippen molar-refractivity contribution in [2.24, 2.45) is 0 Å². The highest BCUT2D eigenvalue weighted by molar-refractivity contribution is 5.91. The molecule has 5 nitrogen and oxygen atoms in total. The fourth-order valence-corrected chi connectivity index (χ4v) is 4.90. The molecular weight excluding hydrogens is 366 g/mol. The molecule has 1 saturated carbocycles. The van der Waals surface area contributed by atoms with E-state index in [1.807, 2.05) is 32.0 Å². The third-order valence-electron chi connectivity index (χ3n) is 6.78. The molecule has 1 spiro atoms. The summed E-state index contributed by atoms with van der Waals surface area (Å²) < 4.78 is 17.9. The number of rotatable bonds is 7. The van der Waals surface area contributed by atoms with E-state index in [9.17, 15) is 4.79 Å². The highest BCUT2D eigenvalue weighted by Gasteiger charge is 2.54. The number of benzene rings is 1. The van der Waals surface area contributed by atoms with Crippen molar-refractivity contribution in [3.63, 3.8) is 0 Å². The number of amides is 1. The number of carbonyl (C=O) groups excluding carboxylic acids is 1. The Kier molecular flexibility index (Phi) is 6.28. The summed E-state index contributed by atoms with van der Waals surface area (Å²) in [5.74, 6) is 0.313. The van der Waals surface area contributed by atoms with Gasteiger partial charge in [0.05, 0.1) is 36.4 Å². The molecule has 29 heavy (non-hydrogen) atoms. The van der Waals surface area contributed by atoms with Crippen LogP contribution >= 0.6 is 0 Å². The first-order valence-corrected chi connectivity index (χ1v) is 11.3. The molecule has 2 saturated heterocycles. The van der Waals surface area contributed by atoms with Crippen LogP contribution in [0.1, 0.15) is 57.9 Å². The van der Waals surface area contributed by atoms with Crippen LogP contribution in [0.2, 0.25) is 0 Å². The smallest absolute Gasteiger partial charge is 0.233 e. The molecule has 5 heteroatoms. The lowest BCUT2D eigenvalue weighted by Gasteiger charge is -2.46. The second-order valence-electron chi connectivity index (χ2n) is 9.18. The third-order valence-corrected chi connectivity index (χ3v) is 6.78. The van der Waals surface area contributed by atoms with Gasteiger partial charge in [-0.1, -0.05) is 30.3 Å². The van der Waals surface area contributed by atoms with Crippen molar-refractivity contribution in [2.75, 3.05) is 32.9 Å². The van der Waals surface area contributed by atoms with Gasteiger partial charge in [0.15, 0.2) is 0 Å². The fourth-order valence-electron chi connectivity index (χ4n) is 4.90. The molecule has 2 aliphatic heterocycles. The van der Waals surface area contributed by atoms with Gasteiger partial charge in [0.25, 0.3) is 0 Å². The summed E-state index contributed by atoms with van der Waals surface area (Å²) in [6.45, 7) is 7.70. The van der Waals surface area contributed by atoms with Crippen LogP contribution in [-0.2, 0) is 24.4 Å². The van der Waals surface area contributed by atoms with E-state index in [4.69, 9.17) is 14.2 Å². The van der Waals surface area contributed by atoms with Crippen molar-refractivity contribution in [3.8, 4) is 0 Å². The van der Waals surface area contributed by atoms with E-state index in [0.29, 0.717) is 19.1 Å². The Morgan fingerprint density at radius 3 is 2.52 bits per heavy atom. The second-order valence-corrected chi connectivity index (χ2v) is 9.18. The third kappa shape index (κ3) is 4.68. The highest BCUT2D eigenvalue weighted by atomic mass is 16.5. The Balaban J connectivity index is 1.29. The molecule has 0 radical (unpaired) electrons. The monoisotopic (exact) mass is 401 g/mol. The lowest BCUT2D eigenvalue weighted by molar-refractivity contribution is -0.164. The molecule has 160 valence electrons. The molecule has 3 aliphatic rings. The molecule has 2 heterocycles. The SMILES string of the molecule is CC(C)OCCOC1CCOC2(CCN(C(=O)C3(c4ccccc4)CC3)CC2)C1. The Bertz CT molecular complexity index is 677. The number of carbonyl (C=O) groups is 1. The minimum atomic E-state index is -0.263. The van der Waals surface area contributed by atoms with Crippen molar-refractivity contribution in [1.82, 2.24) is 4.90 Å². The Morgan fingerprint density at radius 1 is 1.14 bits per heavy atom. The lowest BCUT2D eigenvalue weighted by atomic mass is 9.82. The van der Waals surface area contributed by atoms with Crippen LogP contribution < -0.4 is 0 Å². The van der Waals surface area contributed by atoms with Gasteiger partial charge in [-0.2, -0.15) is 0 Å². The van der Waals surface area contributed by atoms with Crippen molar-refractivity contribution in [3.05, 3.63) is 35.9 Å². The topological polar surface area (TPSA) is 48.0 Å². The molecule has 3 fully saturated rings. The summed E-state index contributed by atoms with van der Waals surface area (Å²) in [6.07, 6.45) is 6.12. The molecule has 0 N–H and O–H groups in total. The summed E-state index contributed by atoms with van der Waals surface area (Å²) in [5.41, 5.74) is 0.792. The van der Waals surface area contributed by atoms with Gasteiger partial charge in [-0.05, 0) is 51.5 Å². The largest absolute Gasteiger partial charge is 0.376 e. The number of likely N-dealkylation sites (tertiary alicyclic amines) is 1. The van der Waals surface area contributed by atoms with E-state index >= 15 is 0 Å². The van der Waals surface area contributed by atoms with Crippen molar-refractivity contribution >= 4 is 5.91 Å². The van der Waals surface area contributed by atoms with E-state index in [1.165, 1.54) is 5.56 Å². The summed E-state index contributed by atoms with van der Waals surface area (Å²) in [5, 5.41) is 0. The molecule has 0 aromatic heterocycles. The van der Waals surface area contributed by atoms with Crippen molar-refractivity contribution in [2.45, 2.75) is 75.6 Å². The van der Waals surface area contributed by atoms with Crippen LogP contribution in [0.4, 0.5) is 0 Å². The van der Waals surface area contributed by atoms with Crippen molar-refractivity contribution in [1.29, 1.82) is 0 Å². The predicted molar refractivity (Wildman–Crippen MR) is 112 cm³/mol. The molecule has 1 aromatic rings. The standard InChI is InChI=1S/C24H35NO4/c1-19(2)27-16-17-28-21-8-15-29-23(18-21)11-13-25(14-12-23)22(26)24(9-10-24)20-6-4-3-5-7-20/h3-7,19,21H,8-18H2,1-2H3. The average molecular weight is 402 g/mol. The van der Waals surface area contributed by atoms with Crippen LogP contribution in [0.25, 0.3) is 0 Å². The van der Waals surface area contributed by atoms with Crippen LogP contribution in [-0.4, -0.2) is 61.5 Å². The number of hydrogen-bond donors (Lipinski definition) is 0. The molecule has 1 amide bonds. The van der Waals surface area contributed by atoms with Crippen LogP contribution in [0.5, 0.6) is 0 Å². The molecule has 0 bridgehead atoms. The van der Waals surface area contributed by atoms with Gasteiger partial charge in [-0.15, -0.1) is 0 Å². The maximum Gasteiger partial charge on any atom is 0.233 e. The van der Waals surface area contributed by atoms with E-state index in [0.717, 1.165) is 58.2 Å². The highest BCUT2D eigenvalue weighted by Crippen LogP contribution is 2.50. The quantitative estimate of drug-likeness (QED) is 0.654. The zero-order chi connectivity index (χ0) is 20.3. The van der Waals surface area contributed by atoms with Crippen LogP contribution in [0, 0.1) is 0 Å². The zero-order valence-corrected chi connectivity index (χ0v) is 17.9. The maximum atomic E-state index is 13.3. The van der Waals surface area contributed by atoms with Gasteiger partial charge in [-0.25, -0.2) is 0 Å². The van der Waals surface area contributed by atoms with Gasteiger partial charge in [0, 0.05) is 26.1 Å². The van der Waals surface area contributed by atoms with E-state index < -0.39 is 0 Å². The van der Waals surface area contributed by atoms with Gasteiger partial charge in [0.1, 0.15) is 0 Å². The zero-order valence-electron chi connectivity index (χ0n) is 17.9. The van der Waals surface area contributed by atoms with E-state index in [1.54, 1.807) is 0 Å². The first kappa shape index (κ1) is 20.8. The normalized spacial score (nSPS) is 25.3. The van der Waals surface area contributed by atoms with Crippen LogP contribution in [0.15, 0.2) is 30.3 Å². The Labute approximate surface area is 174 Å². The fraction of sp³-hybridized carbons (Fsp3) is 0.708. The van der Waals surface area contributed by atoms with Gasteiger partial charge in [-0.3, -0.25) is 4.79 Å². The lowest BCUT2D eigenvalue weighted by Crippen LogP contribution is -2.53. The van der Waals surface area contributed by atoms with E-state index in [-0.39, 0.29) is 23.2 Å². The number of ether oxygens (including phenoxy) is 3. The van der Waals surface area contributed by atoms with Crippen LogP contribution in [0.3, 0.4) is 0 Å². The molecule has 1 unspecified atom stereocenters. The maximum absolute atomic E-state index is 13.3. The number of nitrogens with zero attached hydrogens (tertiary/aromatic N) is 1. The molecule has 1 aromatic carbocycles. The number of hydrogen-bond acceptors (Lipinski definition) is 4. The summed E-state index contributed by atoms with van der Waals surface area (Å²) in [4.78, 5) is 15.4. The average Bonchev–Trinajstić information content (AvgIpc) is 3.54. The first-order valence-electron chi connectivity index (χ1n) is 11.3. The first-order chi connectivity index (χ1) is 14.0. The number of piperidine rings is 1. The minimum Gasteiger partial charge on any atom is -0.376 e. The Morgan fingerprint density at radius 2 is 1.86 bits per heavy atom. The van der Waals surface area contributed by atoms with E-state index in [2.05, 4.69) is 17.0 Å². The van der Waals surface area contributed by atoms with Gasteiger partial charge < -0.3 is 19.1 Å². The molecule has 1 atom stereocenters. The Hall–Kier alpha value is -1.43. The minimum absolute atomic E-state index is 0.123.